The van der Waals surface area contributed by atoms with Gasteiger partial charge in [0.1, 0.15) is 5.60 Å². The number of rotatable bonds is 2. The molecule has 0 amide bonds. The van der Waals surface area contributed by atoms with E-state index in [0.29, 0.717) is 6.42 Å². The van der Waals surface area contributed by atoms with Crippen molar-refractivity contribution >= 4 is 11.9 Å². The summed E-state index contributed by atoms with van der Waals surface area (Å²) in [6.45, 7) is 23.5. The van der Waals surface area contributed by atoms with Crippen molar-refractivity contribution in [1.82, 2.24) is 0 Å². The third-order valence-electron chi connectivity index (χ3n) is 3.07. The molecule has 0 fully saturated rings. The normalized spacial score (nSPS) is 13.2. The molecule has 0 aromatic rings. The maximum absolute atomic E-state index is 11.3. The molecule has 24 heavy (non-hydrogen) atoms. The van der Waals surface area contributed by atoms with Crippen LogP contribution in [0.5, 0.6) is 0 Å². The van der Waals surface area contributed by atoms with Crippen LogP contribution in [0.1, 0.15) is 89.5 Å². The first-order valence-electron chi connectivity index (χ1n) is 8.61. The van der Waals surface area contributed by atoms with Crippen molar-refractivity contribution in [2.45, 2.75) is 95.1 Å². The highest BCUT2D eigenvalue weighted by atomic mass is 16.6. The molecule has 0 heterocycles. The number of hydrogen-bond acceptors (Lipinski definition) is 3. The van der Waals surface area contributed by atoms with E-state index < -0.39 is 5.97 Å². The number of carboxylic acids is 1. The fraction of sp³-hybridized carbons (Fsp3) is 0.900. The van der Waals surface area contributed by atoms with E-state index in [0.717, 1.165) is 0 Å². The van der Waals surface area contributed by atoms with Crippen molar-refractivity contribution < 1.29 is 19.4 Å². The van der Waals surface area contributed by atoms with Gasteiger partial charge in [-0.3, -0.25) is 9.59 Å². The van der Waals surface area contributed by atoms with E-state index in [1.165, 1.54) is 0 Å². The first kappa shape index (κ1) is 25.2. The number of hydrogen-bond donors (Lipinski definition) is 1. The van der Waals surface area contributed by atoms with E-state index >= 15 is 0 Å². The minimum absolute atomic E-state index is 0.0162. The summed E-state index contributed by atoms with van der Waals surface area (Å²) in [6.07, 6.45) is 0.476. The number of aliphatic carboxylic acids is 1. The second kappa shape index (κ2) is 8.35. The number of esters is 1. The molecule has 0 aromatic carbocycles. The van der Waals surface area contributed by atoms with Crippen LogP contribution < -0.4 is 0 Å². The lowest BCUT2D eigenvalue weighted by molar-refractivity contribution is -0.157. The van der Waals surface area contributed by atoms with Crippen LogP contribution in [0.4, 0.5) is 0 Å². The molecule has 1 N–H and O–H groups in total. The standard InChI is InChI=1S/2C10H20O2/c1-9(2,3)7-8(11)12-10(4,5)6;1-9(2,3)7(8(11)12)10(4,5)6/h7H2,1-6H3;7H,1-6H3,(H,11,12). The Balaban J connectivity index is 0. The lowest BCUT2D eigenvalue weighted by Crippen LogP contribution is -2.38. The van der Waals surface area contributed by atoms with Crippen LogP contribution in [0.3, 0.4) is 0 Å². The van der Waals surface area contributed by atoms with Crippen molar-refractivity contribution in [2.24, 2.45) is 22.2 Å². The van der Waals surface area contributed by atoms with Crippen LogP contribution in [-0.4, -0.2) is 22.6 Å². The molecule has 0 spiro atoms. The van der Waals surface area contributed by atoms with Gasteiger partial charge in [0.15, 0.2) is 0 Å². The lowest BCUT2D eigenvalue weighted by atomic mass is 9.67. The van der Waals surface area contributed by atoms with E-state index in [1.54, 1.807) is 0 Å². The first-order chi connectivity index (χ1) is 10.2. The van der Waals surface area contributed by atoms with Gasteiger partial charge in [-0.2, -0.15) is 0 Å². The summed E-state index contributed by atoms with van der Waals surface area (Å²) in [5.74, 6) is -1.12. The molecule has 144 valence electrons. The minimum atomic E-state index is -0.699. The van der Waals surface area contributed by atoms with Gasteiger partial charge in [-0.1, -0.05) is 62.3 Å². The average Bonchev–Trinajstić information content (AvgIpc) is 2.02. The van der Waals surface area contributed by atoms with Crippen molar-refractivity contribution in [3.05, 3.63) is 0 Å². The van der Waals surface area contributed by atoms with Crippen molar-refractivity contribution in [2.75, 3.05) is 0 Å². The third-order valence-corrected chi connectivity index (χ3v) is 3.07. The highest BCUT2D eigenvalue weighted by Crippen LogP contribution is 2.39. The Morgan fingerprint density at radius 2 is 1.12 bits per heavy atom. The smallest absolute Gasteiger partial charge is 0.307 e. The zero-order chi connectivity index (χ0) is 20.1. The van der Waals surface area contributed by atoms with Gasteiger partial charge >= 0.3 is 11.9 Å². The Hall–Kier alpha value is -1.06. The van der Waals surface area contributed by atoms with Crippen molar-refractivity contribution in [3.63, 3.8) is 0 Å². The molecule has 0 aliphatic heterocycles. The van der Waals surface area contributed by atoms with Gasteiger partial charge in [0, 0.05) is 0 Å². The fourth-order valence-electron chi connectivity index (χ4n) is 2.85. The summed E-state index contributed by atoms with van der Waals surface area (Å²) in [7, 11) is 0. The Bertz CT molecular complexity index is 375. The van der Waals surface area contributed by atoms with E-state index in [-0.39, 0.29) is 33.7 Å². The number of carboxylic acid groups (broad SMARTS) is 1. The predicted molar refractivity (Wildman–Crippen MR) is 100.0 cm³/mol. The zero-order valence-electron chi connectivity index (χ0n) is 18.0. The van der Waals surface area contributed by atoms with Gasteiger partial charge in [0.25, 0.3) is 0 Å². The second-order valence-electron chi connectivity index (χ2n) is 10.8. The van der Waals surface area contributed by atoms with Gasteiger partial charge in [-0.25, -0.2) is 0 Å². The Morgan fingerprint density at radius 1 is 0.792 bits per heavy atom. The molecule has 0 aliphatic carbocycles. The molecule has 0 bridgehead atoms. The third kappa shape index (κ3) is 13.4. The Kier molecular flexibility index (Phi) is 8.76. The van der Waals surface area contributed by atoms with Crippen molar-refractivity contribution in [1.29, 1.82) is 0 Å². The average molecular weight is 345 g/mol. The SMILES string of the molecule is CC(C)(C)C(C(=O)O)C(C)(C)C.CC(C)(C)CC(=O)OC(C)(C)C. The first-order valence-corrected chi connectivity index (χ1v) is 8.61. The molecule has 0 rings (SSSR count). The Labute approximate surface area is 149 Å². The Morgan fingerprint density at radius 3 is 1.25 bits per heavy atom. The molecular weight excluding hydrogens is 304 g/mol. The topological polar surface area (TPSA) is 63.6 Å². The highest BCUT2D eigenvalue weighted by molar-refractivity contribution is 5.71. The molecule has 0 atom stereocenters. The maximum atomic E-state index is 11.3. The van der Waals surface area contributed by atoms with E-state index in [1.807, 2.05) is 83.1 Å². The van der Waals surface area contributed by atoms with E-state index in [9.17, 15) is 9.59 Å². The predicted octanol–water partition coefficient (Wildman–Crippen LogP) is 5.54. The highest BCUT2D eigenvalue weighted by Gasteiger charge is 2.40. The largest absolute Gasteiger partial charge is 0.481 e. The number of carbonyl (C=O) groups excluding carboxylic acids is 1. The van der Waals surface area contributed by atoms with Crippen molar-refractivity contribution in [3.8, 4) is 0 Å². The van der Waals surface area contributed by atoms with Crippen LogP contribution in [-0.2, 0) is 14.3 Å². The molecule has 0 aliphatic rings. The van der Waals surface area contributed by atoms with Gasteiger partial charge < -0.3 is 9.84 Å². The van der Waals surface area contributed by atoms with Gasteiger partial charge in [0.2, 0.25) is 0 Å². The van der Waals surface area contributed by atoms with Crippen LogP contribution in [0, 0.1) is 22.2 Å². The lowest BCUT2D eigenvalue weighted by Gasteiger charge is -2.37. The van der Waals surface area contributed by atoms with E-state index in [2.05, 4.69) is 0 Å². The van der Waals surface area contributed by atoms with E-state index in [4.69, 9.17) is 9.84 Å². The molecule has 0 unspecified atom stereocenters. The molecular formula is C20H40O4. The van der Waals surface area contributed by atoms with Crippen LogP contribution in [0.15, 0.2) is 0 Å². The molecule has 4 nitrogen and oxygen atoms in total. The zero-order valence-corrected chi connectivity index (χ0v) is 18.0. The fourth-order valence-corrected chi connectivity index (χ4v) is 2.85. The maximum Gasteiger partial charge on any atom is 0.307 e. The molecule has 0 radical (unpaired) electrons. The molecule has 4 heteroatoms. The summed E-state index contributed by atoms with van der Waals surface area (Å²) in [5, 5.41) is 9.04. The summed E-state index contributed by atoms with van der Waals surface area (Å²) in [6, 6.07) is 0. The number of carbonyl (C=O) groups is 2. The summed E-state index contributed by atoms with van der Waals surface area (Å²) in [4.78, 5) is 22.2. The molecule has 0 aromatic heterocycles. The monoisotopic (exact) mass is 344 g/mol. The van der Waals surface area contributed by atoms with Crippen LogP contribution >= 0.6 is 0 Å². The van der Waals surface area contributed by atoms with Gasteiger partial charge in [-0.15, -0.1) is 0 Å². The van der Waals surface area contributed by atoms with Gasteiger partial charge in [0.05, 0.1) is 12.3 Å². The summed E-state index contributed by atoms with van der Waals surface area (Å²) >= 11 is 0. The quantitative estimate of drug-likeness (QED) is 0.668. The van der Waals surface area contributed by atoms with Crippen LogP contribution in [0.25, 0.3) is 0 Å². The molecule has 0 saturated carbocycles. The molecule has 0 saturated heterocycles. The van der Waals surface area contributed by atoms with Crippen LogP contribution in [0.2, 0.25) is 0 Å². The van der Waals surface area contributed by atoms with Gasteiger partial charge in [-0.05, 0) is 37.0 Å². The summed E-state index contributed by atoms with van der Waals surface area (Å²) in [5.41, 5.74) is -0.696. The minimum Gasteiger partial charge on any atom is -0.481 e. The summed E-state index contributed by atoms with van der Waals surface area (Å²) < 4.78 is 5.17. The second-order valence-corrected chi connectivity index (χ2v) is 10.8. The number of ether oxygens (including phenoxy) is 1.